The van der Waals surface area contributed by atoms with E-state index in [2.05, 4.69) is 13.8 Å². The number of fused-ring (bicyclic) bond motifs is 5. The van der Waals surface area contributed by atoms with Gasteiger partial charge in [0.05, 0.1) is 0 Å². The molecule has 0 unspecified atom stereocenters. The van der Waals surface area contributed by atoms with Gasteiger partial charge in [0.25, 0.3) is 0 Å². The van der Waals surface area contributed by atoms with E-state index in [4.69, 9.17) is 0 Å². The summed E-state index contributed by atoms with van der Waals surface area (Å²) in [6.45, 7) is 8.03. The Kier molecular flexibility index (Phi) is 4.24. The summed E-state index contributed by atoms with van der Waals surface area (Å²) in [6, 6.07) is 0. The van der Waals surface area contributed by atoms with Crippen molar-refractivity contribution in [3.8, 4) is 0 Å². The first kappa shape index (κ1) is 18.4. The second-order valence-corrected chi connectivity index (χ2v) is 10.5. The second-order valence-electron chi connectivity index (χ2n) is 10.5. The first-order valence-electron chi connectivity index (χ1n) is 10.7. The number of hydrogen-bond acceptors (Lipinski definition) is 3. The van der Waals surface area contributed by atoms with Gasteiger partial charge < -0.3 is 0 Å². The van der Waals surface area contributed by atoms with E-state index in [1.807, 2.05) is 0 Å². The SMILES string of the molecule is CC(=O)[C@H]1CC[C@@]2(C)[C@@H](CC[C@H]3[C@@H]4CC[C@H](C(C)=O)[C@@]4(C)CC(=O)[C@@H]32)C1. The zero-order valence-electron chi connectivity index (χ0n) is 16.8. The minimum Gasteiger partial charge on any atom is -0.300 e. The topological polar surface area (TPSA) is 51.2 Å². The lowest BCUT2D eigenvalue weighted by Gasteiger charge is -2.60. The van der Waals surface area contributed by atoms with E-state index < -0.39 is 0 Å². The lowest BCUT2D eigenvalue weighted by atomic mass is 9.43. The molecule has 0 aromatic rings. The van der Waals surface area contributed by atoms with Gasteiger partial charge in [0.1, 0.15) is 17.3 Å². The van der Waals surface area contributed by atoms with Crippen LogP contribution in [0.5, 0.6) is 0 Å². The molecule has 0 bridgehead atoms. The Labute approximate surface area is 157 Å². The van der Waals surface area contributed by atoms with E-state index in [9.17, 15) is 14.4 Å². The Morgan fingerprint density at radius 1 is 0.923 bits per heavy atom. The van der Waals surface area contributed by atoms with Crippen molar-refractivity contribution in [2.75, 3.05) is 0 Å². The van der Waals surface area contributed by atoms with Crippen molar-refractivity contribution in [2.45, 2.75) is 79.1 Å². The zero-order valence-corrected chi connectivity index (χ0v) is 16.8. The summed E-state index contributed by atoms with van der Waals surface area (Å²) in [5.41, 5.74) is -0.0363. The lowest BCUT2D eigenvalue weighted by Crippen LogP contribution is -2.57. The van der Waals surface area contributed by atoms with Crippen molar-refractivity contribution in [2.24, 2.45) is 46.3 Å². The van der Waals surface area contributed by atoms with E-state index in [-0.39, 0.29) is 34.4 Å². The van der Waals surface area contributed by atoms with E-state index in [0.29, 0.717) is 35.7 Å². The van der Waals surface area contributed by atoms with Crippen LogP contribution in [-0.2, 0) is 14.4 Å². The maximum absolute atomic E-state index is 13.4. The summed E-state index contributed by atoms with van der Waals surface area (Å²) in [5.74, 6) is 3.00. The summed E-state index contributed by atoms with van der Waals surface area (Å²) in [5, 5.41) is 0. The quantitative estimate of drug-likeness (QED) is 0.724. The van der Waals surface area contributed by atoms with Crippen LogP contribution in [0.4, 0.5) is 0 Å². The highest BCUT2D eigenvalue weighted by molar-refractivity contribution is 5.87. The molecule has 0 aromatic carbocycles. The summed E-state index contributed by atoms with van der Waals surface area (Å²) in [4.78, 5) is 37.6. The van der Waals surface area contributed by atoms with Crippen LogP contribution < -0.4 is 0 Å². The smallest absolute Gasteiger partial charge is 0.137 e. The monoisotopic (exact) mass is 358 g/mol. The number of carbonyl (C=O) groups is 3. The van der Waals surface area contributed by atoms with Crippen molar-refractivity contribution in [3.63, 3.8) is 0 Å². The molecule has 4 aliphatic rings. The molecular weight excluding hydrogens is 324 g/mol. The first-order valence-corrected chi connectivity index (χ1v) is 10.7. The number of Topliss-reactive ketones (excluding diaryl/α,β-unsaturated/α-hetero) is 3. The fourth-order valence-corrected chi connectivity index (χ4v) is 8.11. The summed E-state index contributed by atoms with van der Waals surface area (Å²) < 4.78 is 0. The van der Waals surface area contributed by atoms with Gasteiger partial charge in [-0.1, -0.05) is 13.8 Å². The molecule has 4 aliphatic carbocycles. The fourth-order valence-electron chi connectivity index (χ4n) is 8.11. The number of rotatable bonds is 2. The average Bonchev–Trinajstić information content (AvgIpc) is 2.90. The highest BCUT2D eigenvalue weighted by Gasteiger charge is 2.63. The van der Waals surface area contributed by atoms with Crippen LogP contribution >= 0.6 is 0 Å². The van der Waals surface area contributed by atoms with Gasteiger partial charge in [0.15, 0.2) is 0 Å². The minimum atomic E-state index is -0.107. The van der Waals surface area contributed by atoms with Gasteiger partial charge in [0, 0.05) is 24.2 Å². The van der Waals surface area contributed by atoms with Crippen LogP contribution in [0.1, 0.15) is 79.1 Å². The van der Waals surface area contributed by atoms with Gasteiger partial charge in [-0.3, -0.25) is 14.4 Å². The van der Waals surface area contributed by atoms with E-state index in [0.717, 1.165) is 44.9 Å². The van der Waals surface area contributed by atoms with Gasteiger partial charge in [-0.05, 0) is 87.4 Å². The molecule has 144 valence electrons. The van der Waals surface area contributed by atoms with Crippen molar-refractivity contribution in [3.05, 3.63) is 0 Å². The maximum Gasteiger partial charge on any atom is 0.137 e. The third kappa shape index (κ3) is 2.41. The molecule has 0 amide bonds. The molecule has 3 nitrogen and oxygen atoms in total. The van der Waals surface area contributed by atoms with Crippen molar-refractivity contribution < 1.29 is 14.4 Å². The maximum atomic E-state index is 13.4. The molecule has 4 fully saturated rings. The Morgan fingerprint density at radius 3 is 2.31 bits per heavy atom. The lowest BCUT2D eigenvalue weighted by molar-refractivity contribution is -0.160. The molecule has 3 heteroatoms. The number of carbonyl (C=O) groups excluding carboxylic acids is 3. The minimum absolute atomic E-state index is 0.0710. The van der Waals surface area contributed by atoms with Gasteiger partial charge in [-0.25, -0.2) is 0 Å². The van der Waals surface area contributed by atoms with Gasteiger partial charge in [-0.15, -0.1) is 0 Å². The molecule has 4 saturated carbocycles. The molecule has 4 rings (SSSR count). The molecule has 0 saturated heterocycles. The summed E-state index contributed by atoms with van der Waals surface area (Å²) >= 11 is 0. The van der Waals surface area contributed by atoms with Crippen LogP contribution in [0.25, 0.3) is 0 Å². The molecule has 8 atom stereocenters. The molecule has 26 heavy (non-hydrogen) atoms. The predicted molar refractivity (Wildman–Crippen MR) is 100 cm³/mol. The average molecular weight is 359 g/mol. The zero-order chi connectivity index (χ0) is 18.9. The Balaban J connectivity index is 1.64. The van der Waals surface area contributed by atoms with E-state index in [1.54, 1.807) is 13.8 Å². The summed E-state index contributed by atoms with van der Waals surface area (Å²) in [7, 11) is 0. The van der Waals surface area contributed by atoms with Crippen LogP contribution in [-0.4, -0.2) is 17.3 Å². The van der Waals surface area contributed by atoms with Crippen LogP contribution in [0, 0.1) is 46.3 Å². The third-order valence-electron chi connectivity index (χ3n) is 9.41. The highest BCUT2D eigenvalue weighted by Crippen LogP contribution is 2.66. The van der Waals surface area contributed by atoms with Gasteiger partial charge >= 0.3 is 0 Å². The van der Waals surface area contributed by atoms with E-state index >= 15 is 0 Å². The normalized spacial score (nSPS) is 50.5. The molecule has 0 aromatic heterocycles. The fraction of sp³-hybridized carbons (Fsp3) is 0.870. The predicted octanol–water partition coefficient (Wildman–Crippen LogP) is 4.62. The Bertz CT molecular complexity index is 652. The number of ketones is 3. The van der Waals surface area contributed by atoms with Crippen molar-refractivity contribution >= 4 is 17.3 Å². The summed E-state index contributed by atoms with van der Waals surface area (Å²) in [6.07, 6.45) is 7.93. The van der Waals surface area contributed by atoms with Gasteiger partial charge in [-0.2, -0.15) is 0 Å². The van der Waals surface area contributed by atoms with Crippen LogP contribution in [0.15, 0.2) is 0 Å². The van der Waals surface area contributed by atoms with E-state index in [1.165, 1.54) is 0 Å². The van der Waals surface area contributed by atoms with Crippen molar-refractivity contribution in [1.82, 2.24) is 0 Å². The second kappa shape index (κ2) is 6.01. The largest absolute Gasteiger partial charge is 0.300 e. The molecule has 0 aliphatic heterocycles. The highest BCUT2D eigenvalue weighted by atomic mass is 16.1. The van der Waals surface area contributed by atoms with Crippen LogP contribution in [0.2, 0.25) is 0 Å². The van der Waals surface area contributed by atoms with Crippen molar-refractivity contribution in [1.29, 1.82) is 0 Å². The van der Waals surface area contributed by atoms with Gasteiger partial charge in [0.2, 0.25) is 0 Å². The molecule has 0 spiro atoms. The van der Waals surface area contributed by atoms with Crippen LogP contribution in [0.3, 0.4) is 0 Å². The first-order chi connectivity index (χ1) is 12.2. The molecule has 0 heterocycles. The molecule has 0 radical (unpaired) electrons. The molecule has 0 N–H and O–H groups in total. The molecular formula is C23H34O3. The Hall–Kier alpha value is -0.990. The Morgan fingerprint density at radius 2 is 1.65 bits per heavy atom. The standard InChI is InChI=1S/C23H34O3/c1-13(24)15-9-10-22(3)16(11-15)5-6-17-19-8-7-18(14(2)25)23(19,4)12-20(26)21(17)22/h15-19,21H,5-12H2,1-4H3/t15-,16-,17-,18+,19-,21+,22-,23+/m0/s1. The number of hydrogen-bond donors (Lipinski definition) is 0. The third-order valence-corrected chi connectivity index (χ3v) is 9.41.